The van der Waals surface area contributed by atoms with E-state index in [4.69, 9.17) is 4.74 Å². The minimum atomic E-state index is -2.13. The van der Waals surface area contributed by atoms with Crippen LogP contribution in [0.1, 0.15) is 175 Å². The summed E-state index contributed by atoms with van der Waals surface area (Å²) in [6.07, 6.45) is 32.7. The number of unbranched alkanes of at least 4 members (excludes halogenated alkanes) is 18. The van der Waals surface area contributed by atoms with Crippen LogP contribution in [0.15, 0.2) is 0 Å². The topological polar surface area (TPSA) is 55.4 Å². The number of imide groups is 1. The van der Waals surface area contributed by atoms with Crippen LogP contribution in [0, 0.1) is 0 Å². The van der Waals surface area contributed by atoms with Gasteiger partial charge in [-0.25, -0.2) is 0 Å². The predicted octanol–water partition coefficient (Wildman–Crippen LogP) is 12.2. The number of alkyl carbamates (subject to hydrolysis) is 1. The average molecular weight is 651 g/mol. The summed E-state index contributed by atoms with van der Waals surface area (Å²) in [6, 6.07) is 0. The average Bonchev–Trinajstić information content (AvgIpc) is 2.95. The monoisotopic (exact) mass is 649 g/mol. The number of hydrogen-bond donors (Lipinski definition) is 1. The number of carbonyl (C=O) groups excluding carboxylic acids is 2. The number of carbonyl (C=O) groups is 2. The fourth-order valence-corrected chi connectivity index (χ4v) is 14.0. The van der Waals surface area contributed by atoms with Gasteiger partial charge in [0, 0.05) is 0 Å². The van der Waals surface area contributed by atoms with E-state index in [2.05, 4.69) is 48.5 Å². The van der Waals surface area contributed by atoms with Crippen molar-refractivity contribution < 1.29 is 14.3 Å². The number of rotatable bonds is 29. The Morgan fingerprint density at radius 2 is 0.875 bits per heavy atom. The molecule has 0 aliphatic rings. The third-order valence-electron chi connectivity index (χ3n) is 8.58. The van der Waals surface area contributed by atoms with Gasteiger partial charge in [0.15, 0.2) is 0 Å². The van der Waals surface area contributed by atoms with Crippen LogP contribution in [0.3, 0.4) is 0 Å². The van der Waals surface area contributed by atoms with Gasteiger partial charge < -0.3 is 0 Å². The third kappa shape index (κ3) is 22.4. The molecule has 0 unspecified atom stereocenters. The van der Waals surface area contributed by atoms with Crippen LogP contribution in [0.2, 0.25) is 0 Å². The van der Waals surface area contributed by atoms with Gasteiger partial charge in [-0.15, -0.1) is 0 Å². The molecular weight excluding hydrogens is 581 g/mol. The van der Waals surface area contributed by atoms with Gasteiger partial charge in [0.25, 0.3) is 0 Å². The van der Waals surface area contributed by atoms with Crippen LogP contribution in [0.5, 0.6) is 0 Å². The van der Waals surface area contributed by atoms with E-state index in [-0.39, 0.29) is 5.91 Å². The number of amides is 2. The summed E-state index contributed by atoms with van der Waals surface area (Å²) in [5.41, 5.74) is 0. The van der Waals surface area contributed by atoms with Crippen LogP contribution < -0.4 is 5.32 Å². The normalized spacial score (nSPS) is 12.7. The SMILES string of the molecule is CCCCCCCCCCCCCCCCCCOC(=O)NC(=O)CCP(Br)(CCCC)(CCCC)CCCC. The first kappa shape index (κ1) is 39.8. The zero-order chi connectivity index (χ0) is 29.8. The van der Waals surface area contributed by atoms with Crippen LogP contribution in [-0.4, -0.2) is 43.3 Å². The molecule has 0 radical (unpaired) electrons. The predicted molar refractivity (Wildman–Crippen MR) is 184 cm³/mol. The number of ether oxygens (including phenoxy) is 1. The molecule has 2 amide bonds. The molecule has 0 saturated carbocycles. The molecule has 0 atom stereocenters. The molecule has 0 aromatic rings. The number of nitrogens with one attached hydrogen (secondary N) is 1. The van der Waals surface area contributed by atoms with Crippen molar-refractivity contribution in [3.8, 4) is 0 Å². The van der Waals surface area contributed by atoms with Gasteiger partial charge in [0.2, 0.25) is 0 Å². The molecule has 4 nitrogen and oxygen atoms in total. The quantitative estimate of drug-likeness (QED) is 0.0647. The molecule has 0 aliphatic carbocycles. The Labute approximate surface area is 258 Å². The summed E-state index contributed by atoms with van der Waals surface area (Å²) in [6.45, 7) is 9.42. The van der Waals surface area contributed by atoms with E-state index < -0.39 is 11.4 Å². The summed E-state index contributed by atoms with van der Waals surface area (Å²) in [5, 5.41) is 0.362. The van der Waals surface area contributed by atoms with Gasteiger partial charge in [0.1, 0.15) is 0 Å². The summed E-state index contributed by atoms with van der Waals surface area (Å²) in [5.74, 6) is -0.185. The Hall–Kier alpha value is -0.150. The van der Waals surface area contributed by atoms with Crippen molar-refractivity contribution in [2.24, 2.45) is 0 Å². The van der Waals surface area contributed by atoms with Gasteiger partial charge >= 0.3 is 182 Å². The van der Waals surface area contributed by atoms with Crippen molar-refractivity contribution in [2.45, 2.75) is 175 Å². The van der Waals surface area contributed by atoms with Crippen LogP contribution >= 0.6 is 20.8 Å². The summed E-state index contributed by atoms with van der Waals surface area (Å²) in [7, 11) is 0. The Balaban J connectivity index is 3.95. The second kappa shape index (κ2) is 26.5. The van der Waals surface area contributed by atoms with Gasteiger partial charge in [-0.05, 0) is 0 Å². The second-order valence-electron chi connectivity index (χ2n) is 12.5. The molecule has 0 aromatic heterocycles. The van der Waals surface area contributed by atoms with Crippen LogP contribution in [0.25, 0.3) is 0 Å². The van der Waals surface area contributed by atoms with Crippen molar-refractivity contribution >= 4 is 32.8 Å². The van der Waals surface area contributed by atoms with E-state index in [9.17, 15) is 9.59 Å². The third-order valence-corrected chi connectivity index (χ3v) is 18.5. The zero-order valence-electron chi connectivity index (χ0n) is 27.3. The van der Waals surface area contributed by atoms with Gasteiger partial charge in [-0.3, -0.25) is 0 Å². The molecule has 0 aliphatic heterocycles. The van der Waals surface area contributed by atoms with Crippen molar-refractivity contribution in [2.75, 3.05) is 31.3 Å². The first-order valence-corrected chi connectivity index (χ1v) is 22.5. The maximum absolute atomic E-state index is 12.6. The van der Waals surface area contributed by atoms with Crippen LogP contribution in [0.4, 0.5) is 4.79 Å². The molecule has 1 N–H and O–H groups in total. The molecule has 0 rings (SSSR count). The second-order valence-corrected chi connectivity index (χ2v) is 24.0. The molecule has 40 heavy (non-hydrogen) atoms. The molecule has 0 bridgehead atoms. The van der Waals surface area contributed by atoms with E-state index in [1.807, 2.05) is 0 Å². The Kier molecular flexibility index (Phi) is 26.4. The molecule has 0 aromatic carbocycles. The van der Waals surface area contributed by atoms with Crippen molar-refractivity contribution in [3.05, 3.63) is 0 Å². The van der Waals surface area contributed by atoms with Gasteiger partial charge in [0.05, 0.1) is 0 Å². The van der Waals surface area contributed by atoms with E-state index in [1.54, 1.807) is 0 Å². The fraction of sp³-hybridized carbons (Fsp3) is 0.941. The summed E-state index contributed by atoms with van der Waals surface area (Å²) >= 11 is 4.33. The van der Waals surface area contributed by atoms with E-state index >= 15 is 0 Å². The Morgan fingerprint density at radius 3 is 1.25 bits per heavy atom. The van der Waals surface area contributed by atoms with E-state index in [1.165, 1.54) is 147 Å². The molecule has 0 fully saturated rings. The molecule has 240 valence electrons. The first-order valence-electron chi connectivity index (χ1n) is 17.5. The molecule has 0 spiro atoms. The summed E-state index contributed by atoms with van der Waals surface area (Å²) in [4.78, 5) is 24.8. The molecule has 0 heterocycles. The molecule has 6 heteroatoms. The minimum absolute atomic E-state index is 0.185. The Morgan fingerprint density at radius 1 is 0.525 bits per heavy atom. The number of hydrogen-bond acceptors (Lipinski definition) is 3. The van der Waals surface area contributed by atoms with Crippen molar-refractivity contribution in [1.82, 2.24) is 5.32 Å². The molecule has 0 saturated heterocycles. The van der Waals surface area contributed by atoms with E-state index in [0.717, 1.165) is 19.0 Å². The standard InChI is InChI=1S/C34H69BrNO3P/c1-5-9-13-14-15-16-17-18-19-20-21-22-23-24-25-26-28-39-34(38)36-33(37)27-32-40(35,29-10-6-2,30-11-7-3)31-12-8-4/h5-32H2,1-4H3,(H,36,37,38). The van der Waals surface area contributed by atoms with Gasteiger partial charge in [-0.1, -0.05) is 77.6 Å². The van der Waals surface area contributed by atoms with Gasteiger partial charge in [-0.2, -0.15) is 0 Å². The zero-order valence-corrected chi connectivity index (χ0v) is 29.8. The Bertz CT molecular complexity index is 591. The maximum atomic E-state index is 12.6. The van der Waals surface area contributed by atoms with Crippen LogP contribution in [-0.2, 0) is 9.53 Å². The van der Waals surface area contributed by atoms with Crippen molar-refractivity contribution in [1.29, 1.82) is 0 Å². The summed E-state index contributed by atoms with van der Waals surface area (Å²) < 4.78 is 5.31. The fourth-order valence-electron chi connectivity index (χ4n) is 5.74. The number of halogens is 1. The molecular formula is C34H69BrNO3P. The van der Waals surface area contributed by atoms with Crippen molar-refractivity contribution in [3.63, 3.8) is 0 Å². The first-order chi connectivity index (χ1) is 19.3. The van der Waals surface area contributed by atoms with E-state index in [0.29, 0.717) is 13.0 Å².